The molecule has 0 atom stereocenters. The summed E-state index contributed by atoms with van der Waals surface area (Å²) in [4.78, 5) is 9.43. The van der Waals surface area contributed by atoms with Crippen molar-refractivity contribution in [2.45, 2.75) is 105 Å². The Bertz CT molecular complexity index is 6620. The lowest BCUT2D eigenvalue weighted by Crippen LogP contribution is -2.61. The molecule has 0 unspecified atom stereocenters. The summed E-state index contributed by atoms with van der Waals surface area (Å²) in [6.45, 7) is 35.6. The molecule has 121 heavy (non-hydrogen) atoms. The first-order valence-corrected chi connectivity index (χ1v) is 42.3. The summed E-state index contributed by atoms with van der Waals surface area (Å²) in [5.74, 6) is 0. The lowest BCUT2D eigenvalue weighted by molar-refractivity contribution is 0.590. The smallest absolute Gasteiger partial charge is 0.252 e. The Morgan fingerprint density at radius 1 is 0.281 bits per heavy atom. The van der Waals surface area contributed by atoms with Gasteiger partial charge in [0.05, 0.1) is 51.6 Å². The van der Waals surface area contributed by atoms with Crippen LogP contribution in [0.2, 0.25) is 0 Å². The Morgan fingerprint density at radius 3 is 0.950 bits per heavy atom. The summed E-state index contributed by atoms with van der Waals surface area (Å²) in [5.41, 5.74) is 36.2. The second kappa shape index (κ2) is 28.8. The van der Waals surface area contributed by atoms with Crippen molar-refractivity contribution in [2.75, 3.05) is 9.80 Å². The van der Waals surface area contributed by atoms with Crippen LogP contribution in [-0.4, -0.2) is 15.8 Å². The Morgan fingerprint density at radius 2 is 0.603 bits per heavy atom. The van der Waals surface area contributed by atoms with Crippen molar-refractivity contribution in [3.05, 3.63) is 385 Å². The number of anilines is 6. The predicted octanol–water partition coefficient (Wildman–Crippen LogP) is 29.2. The molecule has 0 saturated carbocycles. The highest BCUT2D eigenvalue weighted by molar-refractivity contribution is 7.00. The average molecular weight is 1560 g/mol. The average Bonchev–Trinajstić information content (AvgIpc) is 1.40. The van der Waals surface area contributed by atoms with Gasteiger partial charge in [-0.05, 0) is 219 Å². The molecule has 16 aromatic carbocycles. The molecule has 0 spiro atoms. The van der Waals surface area contributed by atoms with Crippen molar-refractivity contribution in [1.29, 1.82) is 5.26 Å². The van der Waals surface area contributed by atoms with E-state index in [4.69, 9.17) is 6.57 Å². The molecule has 7 heteroatoms. The molecule has 0 bridgehead atoms. The molecule has 0 radical (unpaired) electrons. The SMILES string of the molecule is [C-]#[N+]c1cccc(-c2cc(-c3ccc(C(C)(C)C)cc3)c(N3c4cc(-n5c6ccccc6c6ccccc65)ccc4B4c5ccc(-n6c7ccccc7c7ccccc76)cc5N(c5c(-c6ccc(C(C)(C)C)cc6)cc(-c6cccc(C#N)c6)cc5-c5ccc(C(C)(C)C)cc5)c5cc(-c6ccccc6)cc3c54)c(-c3ccc(C(C)(C)C)cc3)c2)c1. The summed E-state index contributed by atoms with van der Waals surface area (Å²) in [6, 6.07) is 132. The van der Waals surface area contributed by atoms with Gasteiger partial charge in [0.15, 0.2) is 5.69 Å². The number of hydrogen-bond donors (Lipinski definition) is 0. The van der Waals surface area contributed by atoms with Crippen LogP contribution >= 0.6 is 0 Å². The summed E-state index contributed by atoms with van der Waals surface area (Å²) in [7, 11) is 0. The monoisotopic (exact) mass is 1560 g/mol. The Kier molecular flexibility index (Phi) is 18.0. The van der Waals surface area contributed by atoms with Gasteiger partial charge in [-0.25, -0.2) is 4.85 Å². The Balaban J connectivity index is 0.992. The quantitative estimate of drug-likeness (QED) is 0.0958. The van der Waals surface area contributed by atoms with Crippen LogP contribution < -0.4 is 26.2 Å². The predicted molar refractivity (Wildman–Crippen MR) is 513 cm³/mol. The third-order valence-corrected chi connectivity index (χ3v) is 25.4. The number of benzene rings is 16. The van der Waals surface area contributed by atoms with E-state index in [0.29, 0.717) is 11.3 Å². The van der Waals surface area contributed by atoms with Crippen LogP contribution in [0.15, 0.2) is 346 Å². The molecule has 2 aromatic heterocycles. The summed E-state index contributed by atoms with van der Waals surface area (Å²) < 4.78 is 4.96. The molecule has 0 fully saturated rings. The van der Waals surface area contributed by atoms with Crippen LogP contribution in [0.1, 0.15) is 111 Å². The first-order chi connectivity index (χ1) is 58.4. The molecule has 0 aliphatic carbocycles. The molecule has 0 amide bonds. The van der Waals surface area contributed by atoms with E-state index in [9.17, 15) is 5.26 Å². The zero-order chi connectivity index (χ0) is 83.1. The van der Waals surface area contributed by atoms with Gasteiger partial charge in [-0.3, -0.25) is 0 Å². The minimum atomic E-state index is -0.372. The van der Waals surface area contributed by atoms with Gasteiger partial charge in [-0.2, -0.15) is 5.26 Å². The molecular formula is C114H93BN6. The summed E-state index contributed by atoms with van der Waals surface area (Å²) in [5, 5.41) is 15.5. The zero-order valence-corrected chi connectivity index (χ0v) is 70.7. The van der Waals surface area contributed by atoms with Crippen molar-refractivity contribution in [3.8, 4) is 95.3 Å². The standard InChI is InChI=1S/C114H93BN6/c1-111(2,3)83-49-41-74(42-50-83)94-63-80(78-30-25-27-72(61-78)71-116)64-95(75-43-51-84(52-44-75)112(4,5)6)109(94)120-104-69-88(118-100-37-21-17-33-90(100)91-34-18-22-38-101(91)118)57-59-98(104)115-99-60-58-89(119-102-39-23-19-35-92(102)93-36-20-24-40-103(93)119)70-105(99)121(107-68-82(67-106(120)108(107)115)73-28-15-14-16-29-73)110-96(76-45-53-85(54-46-76)113(7,8)9)65-81(79-31-26-32-87(62-79)117-13)66-97(110)77-47-55-86(56-48-77)114(10,11)12/h14-70H,1-12H3. The molecule has 0 saturated heterocycles. The number of hydrogen-bond acceptors (Lipinski definition) is 3. The van der Waals surface area contributed by atoms with Crippen molar-refractivity contribution >= 4 is 107 Å². The summed E-state index contributed by atoms with van der Waals surface area (Å²) >= 11 is 0. The van der Waals surface area contributed by atoms with Crippen molar-refractivity contribution < 1.29 is 0 Å². The number of para-hydroxylation sites is 4. The first kappa shape index (κ1) is 75.5. The van der Waals surface area contributed by atoms with Gasteiger partial charge in [0, 0.05) is 77.9 Å². The molecule has 4 heterocycles. The van der Waals surface area contributed by atoms with Crippen LogP contribution in [0.5, 0.6) is 0 Å². The molecule has 6 nitrogen and oxygen atoms in total. The summed E-state index contributed by atoms with van der Waals surface area (Å²) in [6.07, 6.45) is 0. The minimum absolute atomic E-state index is 0.134. The fourth-order valence-corrected chi connectivity index (χ4v) is 19.0. The van der Waals surface area contributed by atoms with Crippen molar-refractivity contribution in [3.63, 3.8) is 0 Å². The molecule has 18 aromatic rings. The van der Waals surface area contributed by atoms with Crippen LogP contribution in [0.3, 0.4) is 0 Å². The molecule has 2 aliphatic rings. The zero-order valence-electron chi connectivity index (χ0n) is 70.7. The largest absolute Gasteiger partial charge is 0.310 e. The molecule has 2 aliphatic heterocycles. The van der Waals surface area contributed by atoms with E-state index in [0.717, 1.165) is 162 Å². The number of fused-ring (bicyclic) bond motifs is 10. The van der Waals surface area contributed by atoms with Gasteiger partial charge >= 0.3 is 0 Å². The number of nitriles is 1. The highest BCUT2D eigenvalue weighted by atomic mass is 15.2. The maximum Gasteiger partial charge on any atom is 0.252 e. The number of nitrogens with zero attached hydrogens (tertiary/aromatic N) is 6. The maximum atomic E-state index is 10.7. The Labute approximate surface area is 711 Å². The minimum Gasteiger partial charge on any atom is -0.310 e. The van der Waals surface area contributed by atoms with Crippen LogP contribution in [-0.2, 0) is 21.7 Å². The second-order valence-corrected chi connectivity index (χ2v) is 37.1. The van der Waals surface area contributed by atoms with Gasteiger partial charge in [0.1, 0.15) is 0 Å². The topological polar surface area (TPSA) is 44.5 Å². The van der Waals surface area contributed by atoms with E-state index in [1.165, 1.54) is 43.8 Å². The van der Waals surface area contributed by atoms with Crippen LogP contribution in [0.4, 0.5) is 39.8 Å². The molecule has 0 N–H and O–H groups in total. The van der Waals surface area contributed by atoms with E-state index in [1.807, 2.05) is 30.3 Å². The highest BCUT2D eigenvalue weighted by Crippen LogP contribution is 2.57. The number of aromatic nitrogens is 2. The van der Waals surface area contributed by atoms with Gasteiger partial charge in [-0.1, -0.05) is 326 Å². The van der Waals surface area contributed by atoms with Crippen molar-refractivity contribution in [2.24, 2.45) is 0 Å². The second-order valence-electron chi connectivity index (χ2n) is 37.1. The third kappa shape index (κ3) is 13.0. The molecule has 20 rings (SSSR count). The van der Waals surface area contributed by atoms with E-state index < -0.39 is 0 Å². The lowest BCUT2D eigenvalue weighted by atomic mass is 9.33. The highest BCUT2D eigenvalue weighted by Gasteiger charge is 2.46. The van der Waals surface area contributed by atoms with Crippen LogP contribution in [0, 0.1) is 17.9 Å². The van der Waals surface area contributed by atoms with Crippen molar-refractivity contribution in [1.82, 2.24) is 9.13 Å². The normalized spacial score (nSPS) is 12.7. The number of rotatable bonds is 11. The Hall–Kier alpha value is -14.2. The molecule has 582 valence electrons. The fraction of sp³-hybridized carbons (Fsp3) is 0.140. The van der Waals surface area contributed by atoms with Gasteiger partial charge in [0.2, 0.25) is 0 Å². The van der Waals surface area contributed by atoms with E-state index in [-0.39, 0.29) is 28.4 Å². The van der Waals surface area contributed by atoms with Gasteiger partial charge in [0.25, 0.3) is 6.71 Å². The third-order valence-electron chi connectivity index (χ3n) is 25.4. The van der Waals surface area contributed by atoms with E-state index in [1.54, 1.807) is 0 Å². The fourth-order valence-electron chi connectivity index (χ4n) is 19.0. The lowest BCUT2D eigenvalue weighted by Gasteiger charge is -2.46. The first-order valence-electron chi connectivity index (χ1n) is 42.3. The van der Waals surface area contributed by atoms with Gasteiger partial charge < -0.3 is 18.9 Å². The molecular weight excluding hydrogens is 1460 g/mol. The van der Waals surface area contributed by atoms with E-state index >= 15 is 0 Å². The van der Waals surface area contributed by atoms with Gasteiger partial charge in [-0.15, -0.1) is 0 Å². The van der Waals surface area contributed by atoms with E-state index in [2.05, 4.69) is 428 Å². The van der Waals surface area contributed by atoms with Crippen LogP contribution in [0.25, 0.3) is 138 Å². The maximum absolute atomic E-state index is 10.7.